The highest BCUT2D eigenvalue weighted by atomic mass is 19.1. The van der Waals surface area contributed by atoms with Crippen LogP contribution in [0.1, 0.15) is 6.42 Å². The fourth-order valence-corrected chi connectivity index (χ4v) is 2.89. The molecular formula is C19H17FN2O3. The summed E-state index contributed by atoms with van der Waals surface area (Å²) in [5.74, 6) is 0.790. The number of carbonyl (C=O) groups excluding carboxylic acids is 1. The number of halogens is 1. The summed E-state index contributed by atoms with van der Waals surface area (Å²) in [6.07, 6.45) is 2.60. The molecule has 5 nitrogen and oxygen atoms in total. The van der Waals surface area contributed by atoms with Crippen LogP contribution in [0.4, 0.5) is 10.1 Å². The van der Waals surface area contributed by atoms with Crippen molar-refractivity contribution in [3.8, 4) is 11.5 Å². The maximum atomic E-state index is 13.4. The minimum absolute atomic E-state index is 0.0986. The average Bonchev–Trinajstić information content (AvgIpc) is 2.83. The molecule has 1 aliphatic heterocycles. The van der Waals surface area contributed by atoms with Crippen LogP contribution in [0, 0.1) is 5.82 Å². The molecule has 2 heterocycles. The largest absolute Gasteiger partial charge is 0.490 e. The molecule has 25 heavy (non-hydrogen) atoms. The number of nitrogens with one attached hydrogen (secondary N) is 1. The Morgan fingerprint density at radius 2 is 1.92 bits per heavy atom. The molecule has 1 N–H and O–H groups in total. The van der Waals surface area contributed by atoms with Crippen LogP contribution in [0.15, 0.2) is 48.7 Å². The normalized spacial score (nSPS) is 13.5. The summed E-state index contributed by atoms with van der Waals surface area (Å²) in [5, 5.41) is 3.73. The van der Waals surface area contributed by atoms with Crippen molar-refractivity contribution in [3.63, 3.8) is 0 Å². The number of benzene rings is 2. The van der Waals surface area contributed by atoms with Crippen LogP contribution >= 0.6 is 0 Å². The highest BCUT2D eigenvalue weighted by Crippen LogP contribution is 2.32. The summed E-state index contributed by atoms with van der Waals surface area (Å²) in [5.41, 5.74) is 1.32. The lowest BCUT2D eigenvalue weighted by molar-refractivity contribution is -0.116. The van der Waals surface area contributed by atoms with Crippen LogP contribution in [0.25, 0.3) is 10.9 Å². The maximum absolute atomic E-state index is 13.4. The Labute approximate surface area is 144 Å². The molecule has 0 bridgehead atoms. The molecule has 1 aromatic heterocycles. The highest BCUT2D eigenvalue weighted by molar-refractivity contribution is 5.92. The first-order valence-corrected chi connectivity index (χ1v) is 8.13. The van der Waals surface area contributed by atoms with E-state index in [9.17, 15) is 9.18 Å². The van der Waals surface area contributed by atoms with Crippen molar-refractivity contribution in [2.24, 2.45) is 0 Å². The number of hydrogen-bond acceptors (Lipinski definition) is 3. The van der Waals surface area contributed by atoms with E-state index in [2.05, 4.69) is 5.32 Å². The first-order valence-electron chi connectivity index (χ1n) is 8.13. The van der Waals surface area contributed by atoms with Crippen molar-refractivity contribution < 1.29 is 18.7 Å². The lowest BCUT2D eigenvalue weighted by Crippen LogP contribution is -2.18. The van der Waals surface area contributed by atoms with E-state index < -0.39 is 0 Å². The second kappa shape index (κ2) is 6.47. The molecule has 4 rings (SSSR count). The van der Waals surface area contributed by atoms with Gasteiger partial charge in [-0.3, -0.25) is 4.79 Å². The Bertz CT molecular complexity index is 936. The summed E-state index contributed by atoms with van der Waals surface area (Å²) in [7, 11) is 0. The number of fused-ring (bicyclic) bond motifs is 2. The molecule has 0 atom stereocenters. The fourth-order valence-electron chi connectivity index (χ4n) is 2.89. The van der Waals surface area contributed by atoms with Gasteiger partial charge >= 0.3 is 0 Å². The minimum atomic E-state index is -0.323. The van der Waals surface area contributed by atoms with Crippen LogP contribution in [0.5, 0.6) is 11.5 Å². The zero-order valence-electron chi connectivity index (χ0n) is 13.5. The van der Waals surface area contributed by atoms with E-state index in [1.807, 2.05) is 6.07 Å². The highest BCUT2D eigenvalue weighted by Gasteiger charge is 2.12. The summed E-state index contributed by atoms with van der Waals surface area (Å²) in [4.78, 5) is 12.3. The van der Waals surface area contributed by atoms with E-state index in [0.29, 0.717) is 35.9 Å². The van der Waals surface area contributed by atoms with Crippen LogP contribution in [0.3, 0.4) is 0 Å². The molecule has 1 amide bonds. The van der Waals surface area contributed by atoms with Gasteiger partial charge in [-0.15, -0.1) is 0 Å². The van der Waals surface area contributed by atoms with Crippen molar-refractivity contribution in [1.29, 1.82) is 0 Å². The predicted molar refractivity (Wildman–Crippen MR) is 92.6 cm³/mol. The molecule has 0 fully saturated rings. The number of ether oxygens (including phenoxy) is 2. The number of hydrogen-bond donors (Lipinski definition) is 1. The van der Waals surface area contributed by atoms with Gasteiger partial charge in [-0.1, -0.05) is 0 Å². The summed E-state index contributed by atoms with van der Waals surface area (Å²) in [6, 6.07) is 11.7. The number of carbonyl (C=O) groups is 1. The fraction of sp³-hybridized carbons (Fsp3) is 0.211. The van der Waals surface area contributed by atoms with Gasteiger partial charge in [0.2, 0.25) is 5.91 Å². The van der Waals surface area contributed by atoms with Gasteiger partial charge in [-0.2, -0.15) is 0 Å². The van der Waals surface area contributed by atoms with Gasteiger partial charge in [0.15, 0.2) is 11.5 Å². The van der Waals surface area contributed by atoms with Gasteiger partial charge in [-0.05, 0) is 41.8 Å². The third kappa shape index (κ3) is 3.28. The van der Waals surface area contributed by atoms with Crippen LogP contribution in [-0.2, 0) is 11.3 Å². The molecule has 1 aliphatic rings. The molecule has 0 radical (unpaired) electrons. The maximum Gasteiger partial charge on any atom is 0.244 e. The second-order valence-corrected chi connectivity index (χ2v) is 5.91. The molecule has 0 spiro atoms. The topological polar surface area (TPSA) is 52.5 Å². The Kier molecular flexibility index (Phi) is 4.01. The van der Waals surface area contributed by atoms with Crippen molar-refractivity contribution in [2.75, 3.05) is 18.5 Å². The Morgan fingerprint density at radius 1 is 1.08 bits per heavy atom. The molecule has 3 aromatic rings. The van der Waals surface area contributed by atoms with Crippen molar-refractivity contribution in [2.45, 2.75) is 13.0 Å². The molecule has 2 aromatic carbocycles. The second-order valence-electron chi connectivity index (χ2n) is 5.91. The number of aromatic nitrogens is 1. The van der Waals surface area contributed by atoms with Crippen LogP contribution < -0.4 is 14.8 Å². The van der Waals surface area contributed by atoms with E-state index in [4.69, 9.17) is 9.47 Å². The molecule has 0 saturated heterocycles. The van der Waals surface area contributed by atoms with Crippen molar-refractivity contribution in [1.82, 2.24) is 4.57 Å². The SMILES string of the molecule is O=C(Cn1ccc2ccc(F)cc21)Nc1ccc2c(c1)OCCCO2. The summed E-state index contributed by atoms with van der Waals surface area (Å²) >= 11 is 0. The number of rotatable bonds is 3. The molecule has 128 valence electrons. The third-order valence-corrected chi connectivity index (χ3v) is 4.08. The number of nitrogens with zero attached hydrogens (tertiary/aromatic N) is 1. The average molecular weight is 340 g/mol. The van der Waals surface area contributed by atoms with Crippen molar-refractivity contribution in [3.05, 3.63) is 54.5 Å². The first kappa shape index (κ1) is 15.5. The zero-order chi connectivity index (χ0) is 17.2. The zero-order valence-corrected chi connectivity index (χ0v) is 13.5. The summed E-state index contributed by atoms with van der Waals surface area (Å²) in [6.45, 7) is 1.31. The standard InChI is InChI=1S/C19H17FN2O3/c20-14-3-2-13-6-7-22(16(13)10-14)12-19(23)21-15-4-5-17-18(11-15)25-9-1-8-24-17/h2-7,10-11H,1,8-9,12H2,(H,21,23). The molecule has 0 saturated carbocycles. The van der Waals surface area contributed by atoms with E-state index >= 15 is 0 Å². The van der Waals surface area contributed by atoms with Gasteiger partial charge in [0, 0.05) is 24.4 Å². The predicted octanol–water partition coefficient (Wildman–Crippen LogP) is 3.58. The van der Waals surface area contributed by atoms with Crippen LogP contribution in [0.2, 0.25) is 0 Å². The molecule has 0 aliphatic carbocycles. The molecular weight excluding hydrogens is 323 g/mol. The van der Waals surface area contributed by atoms with Gasteiger partial charge in [-0.25, -0.2) is 4.39 Å². The van der Waals surface area contributed by atoms with E-state index in [1.54, 1.807) is 35.0 Å². The van der Waals surface area contributed by atoms with Crippen molar-refractivity contribution >= 4 is 22.5 Å². The number of amides is 1. The minimum Gasteiger partial charge on any atom is -0.490 e. The van der Waals surface area contributed by atoms with E-state index in [-0.39, 0.29) is 18.3 Å². The molecule has 6 heteroatoms. The Morgan fingerprint density at radius 3 is 2.80 bits per heavy atom. The first-order chi connectivity index (χ1) is 12.2. The van der Waals surface area contributed by atoms with Gasteiger partial charge in [0.25, 0.3) is 0 Å². The van der Waals surface area contributed by atoms with Crippen LogP contribution in [-0.4, -0.2) is 23.7 Å². The quantitative estimate of drug-likeness (QED) is 0.793. The third-order valence-electron chi connectivity index (χ3n) is 4.08. The lowest BCUT2D eigenvalue weighted by atomic mass is 10.2. The van der Waals surface area contributed by atoms with Gasteiger partial charge in [0.1, 0.15) is 12.4 Å². The van der Waals surface area contributed by atoms with Gasteiger partial charge < -0.3 is 19.4 Å². The smallest absolute Gasteiger partial charge is 0.244 e. The van der Waals surface area contributed by atoms with E-state index in [0.717, 1.165) is 11.8 Å². The molecule has 0 unspecified atom stereocenters. The number of anilines is 1. The monoisotopic (exact) mass is 340 g/mol. The Hall–Kier alpha value is -3.02. The van der Waals surface area contributed by atoms with Gasteiger partial charge in [0.05, 0.1) is 18.7 Å². The van der Waals surface area contributed by atoms with E-state index in [1.165, 1.54) is 12.1 Å². The summed E-state index contributed by atoms with van der Waals surface area (Å²) < 4.78 is 26.4. The Balaban J connectivity index is 1.50. The lowest BCUT2D eigenvalue weighted by Gasteiger charge is -2.11.